The quantitative estimate of drug-likeness (QED) is 0.579. The molecular weight excluding hydrogens is 460 g/mol. The number of Topliss-reactive ketones (excluding diaryl/α,β-unsaturated/α-hetero) is 1. The van der Waals surface area contributed by atoms with Gasteiger partial charge in [0.25, 0.3) is 5.91 Å². The van der Waals surface area contributed by atoms with Crippen molar-refractivity contribution >= 4 is 23.3 Å². The van der Waals surface area contributed by atoms with E-state index in [1.54, 1.807) is 12.0 Å². The van der Waals surface area contributed by atoms with Gasteiger partial charge >= 0.3 is 0 Å². The van der Waals surface area contributed by atoms with Crippen LogP contribution in [0.2, 0.25) is 0 Å². The lowest BCUT2D eigenvalue weighted by Crippen LogP contribution is -2.52. The van der Waals surface area contributed by atoms with Crippen LogP contribution < -0.4 is 10.2 Å². The number of anilines is 1. The van der Waals surface area contributed by atoms with Crippen molar-refractivity contribution in [3.63, 3.8) is 0 Å². The zero-order chi connectivity index (χ0) is 26.0. The Labute approximate surface area is 214 Å². The number of hydrogen-bond donors (Lipinski definition) is 1. The maximum absolute atomic E-state index is 13.6. The van der Waals surface area contributed by atoms with Crippen molar-refractivity contribution in [1.82, 2.24) is 15.1 Å². The highest BCUT2D eigenvalue weighted by Crippen LogP contribution is 2.30. The van der Waals surface area contributed by atoms with E-state index in [1.165, 1.54) is 0 Å². The van der Waals surface area contributed by atoms with E-state index in [4.69, 9.17) is 9.47 Å². The van der Waals surface area contributed by atoms with Gasteiger partial charge in [-0.1, -0.05) is 13.8 Å². The lowest BCUT2D eigenvalue weighted by Gasteiger charge is -2.38. The number of amides is 2. The van der Waals surface area contributed by atoms with Crippen molar-refractivity contribution < 1.29 is 23.9 Å². The van der Waals surface area contributed by atoms with E-state index in [-0.39, 0.29) is 42.8 Å². The van der Waals surface area contributed by atoms with E-state index in [2.05, 4.69) is 29.0 Å². The van der Waals surface area contributed by atoms with Crippen LogP contribution >= 0.6 is 0 Å². The fraction of sp³-hybridized carbons (Fsp3) is 0.667. The van der Waals surface area contributed by atoms with Crippen LogP contribution in [0.5, 0.6) is 0 Å². The predicted molar refractivity (Wildman–Crippen MR) is 137 cm³/mol. The van der Waals surface area contributed by atoms with Crippen LogP contribution in [0.25, 0.3) is 0 Å². The smallest absolute Gasteiger partial charge is 0.251 e. The van der Waals surface area contributed by atoms with Gasteiger partial charge in [0.15, 0.2) is 5.78 Å². The van der Waals surface area contributed by atoms with E-state index in [0.717, 1.165) is 31.9 Å². The van der Waals surface area contributed by atoms with Crippen molar-refractivity contribution in [3.05, 3.63) is 29.8 Å². The highest BCUT2D eigenvalue weighted by atomic mass is 16.5. The van der Waals surface area contributed by atoms with Gasteiger partial charge in [0.05, 0.1) is 6.54 Å². The van der Waals surface area contributed by atoms with Crippen molar-refractivity contribution in [1.29, 1.82) is 0 Å². The number of benzene rings is 1. The number of piperazine rings is 1. The molecule has 2 amide bonds. The van der Waals surface area contributed by atoms with Crippen LogP contribution in [0.4, 0.5) is 5.69 Å². The molecule has 3 aliphatic heterocycles. The molecular formula is C27H40N4O5. The average Bonchev–Trinajstić information content (AvgIpc) is 3.43. The molecule has 1 aromatic carbocycles. The largest absolute Gasteiger partial charge is 0.377 e. The highest BCUT2D eigenvalue weighted by Gasteiger charge is 2.53. The van der Waals surface area contributed by atoms with Gasteiger partial charge in [-0.3, -0.25) is 19.3 Å². The first-order chi connectivity index (χ1) is 17.2. The Kier molecular flexibility index (Phi) is 8.32. The fourth-order valence-corrected chi connectivity index (χ4v) is 5.50. The first-order valence-electron chi connectivity index (χ1n) is 13.1. The third-order valence-corrected chi connectivity index (χ3v) is 7.57. The number of rotatable bonds is 8. The van der Waals surface area contributed by atoms with Gasteiger partial charge in [0.2, 0.25) is 5.91 Å². The third-order valence-electron chi connectivity index (χ3n) is 7.57. The number of hydrogen-bond acceptors (Lipinski definition) is 7. The Morgan fingerprint density at radius 3 is 2.33 bits per heavy atom. The van der Waals surface area contributed by atoms with Gasteiger partial charge in [-0.05, 0) is 50.5 Å². The summed E-state index contributed by atoms with van der Waals surface area (Å²) in [4.78, 5) is 45.5. The number of nitrogens with one attached hydrogen (secondary N) is 1. The molecule has 198 valence electrons. The molecule has 1 aromatic rings. The Morgan fingerprint density at radius 1 is 1.08 bits per heavy atom. The summed E-state index contributed by atoms with van der Waals surface area (Å²) in [5.41, 5.74) is 1.61. The number of methoxy groups -OCH3 is 1. The van der Waals surface area contributed by atoms with Gasteiger partial charge in [0, 0.05) is 50.6 Å². The zero-order valence-corrected chi connectivity index (χ0v) is 22.1. The van der Waals surface area contributed by atoms with Gasteiger partial charge in [-0.15, -0.1) is 0 Å². The highest BCUT2D eigenvalue weighted by molar-refractivity contribution is 5.99. The van der Waals surface area contributed by atoms with Crippen LogP contribution in [0, 0.1) is 5.92 Å². The second kappa shape index (κ2) is 11.3. The Bertz CT molecular complexity index is 942. The maximum Gasteiger partial charge on any atom is 0.251 e. The van der Waals surface area contributed by atoms with Crippen molar-refractivity contribution in [2.45, 2.75) is 64.4 Å². The first kappa shape index (κ1) is 26.6. The number of ketones is 1. The number of likely N-dealkylation sites (tertiary alicyclic amines) is 1. The summed E-state index contributed by atoms with van der Waals surface area (Å²) in [5, 5.41) is 2.94. The third kappa shape index (κ3) is 5.58. The number of nitrogens with zero attached hydrogens (tertiary/aromatic N) is 3. The van der Waals surface area contributed by atoms with Gasteiger partial charge in [-0.2, -0.15) is 0 Å². The van der Waals surface area contributed by atoms with Gasteiger partial charge in [-0.25, -0.2) is 0 Å². The molecule has 0 bridgehead atoms. The predicted octanol–water partition coefficient (Wildman–Crippen LogP) is 1.56. The fourth-order valence-electron chi connectivity index (χ4n) is 5.50. The van der Waals surface area contributed by atoms with E-state index < -0.39 is 18.2 Å². The molecule has 3 heterocycles. The molecule has 4 rings (SSSR count). The molecule has 9 nitrogen and oxygen atoms in total. The minimum atomic E-state index is -0.731. The molecule has 9 heteroatoms. The topological polar surface area (TPSA) is 91.4 Å². The monoisotopic (exact) mass is 500 g/mol. The van der Waals surface area contributed by atoms with Gasteiger partial charge in [0.1, 0.15) is 30.9 Å². The molecule has 3 fully saturated rings. The van der Waals surface area contributed by atoms with Crippen molar-refractivity contribution in [2.24, 2.45) is 5.92 Å². The van der Waals surface area contributed by atoms with Crippen LogP contribution in [0.1, 0.15) is 44.5 Å². The molecule has 0 aromatic heterocycles. The van der Waals surface area contributed by atoms with E-state index in [9.17, 15) is 14.4 Å². The second-order valence-electron chi connectivity index (χ2n) is 10.8. The number of carbonyl (C=O) groups excluding carboxylic acids is 3. The molecule has 0 aliphatic carbocycles. The molecule has 0 saturated carbocycles. The maximum atomic E-state index is 13.6. The minimum absolute atomic E-state index is 0.0148. The van der Waals surface area contributed by atoms with Crippen LogP contribution in [-0.2, 0) is 19.1 Å². The van der Waals surface area contributed by atoms with E-state index >= 15 is 0 Å². The van der Waals surface area contributed by atoms with Crippen molar-refractivity contribution in [3.8, 4) is 0 Å². The standard InChI is InChI=1S/C27H40N4O5/c1-17(2)14-21(27(34)31-15-23(35-5)25-24(31)22(32)16-36-25)28-26(33)19-6-8-20(9-7-19)30-12-10-29(11-13-30)18(3)4/h6-9,17-18,21,23-25H,10-16H2,1-5H3,(H,28,33)/t21?,23-,24-,25-/m1/s1. The first-order valence-corrected chi connectivity index (χ1v) is 13.1. The van der Waals surface area contributed by atoms with Crippen LogP contribution in [0.15, 0.2) is 24.3 Å². The number of carbonyl (C=O) groups is 3. The second-order valence-corrected chi connectivity index (χ2v) is 10.8. The SMILES string of the molecule is CO[C@@H]1CN(C(=O)C(CC(C)C)NC(=O)c2ccc(N3CCN(C(C)C)CC3)cc2)[C@@H]2C(=O)CO[C@@H]21. The average molecular weight is 501 g/mol. The normalized spacial score (nSPS) is 25.5. The molecule has 1 unspecified atom stereocenters. The summed E-state index contributed by atoms with van der Waals surface area (Å²) >= 11 is 0. The molecule has 0 radical (unpaired) electrons. The summed E-state index contributed by atoms with van der Waals surface area (Å²) in [7, 11) is 1.56. The van der Waals surface area contributed by atoms with Gasteiger partial charge < -0.3 is 24.6 Å². The minimum Gasteiger partial charge on any atom is -0.377 e. The summed E-state index contributed by atoms with van der Waals surface area (Å²) in [5.74, 6) is -0.492. The molecule has 4 atom stereocenters. The summed E-state index contributed by atoms with van der Waals surface area (Å²) in [6, 6.07) is 6.75. The summed E-state index contributed by atoms with van der Waals surface area (Å²) < 4.78 is 11.1. The Hall–Kier alpha value is -2.49. The zero-order valence-electron chi connectivity index (χ0n) is 22.1. The lowest BCUT2D eigenvalue weighted by atomic mass is 10.0. The molecule has 3 aliphatic rings. The number of ether oxygens (including phenoxy) is 2. The Balaban J connectivity index is 1.42. The Morgan fingerprint density at radius 2 is 1.75 bits per heavy atom. The summed E-state index contributed by atoms with van der Waals surface area (Å²) in [6.07, 6.45) is -0.323. The van der Waals surface area contributed by atoms with Crippen LogP contribution in [-0.4, -0.2) is 104 Å². The summed E-state index contributed by atoms with van der Waals surface area (Å²) in [6.45, 7) is 12.7. The molecule has 3 saturated heterocycles. The van der Waals surface area contributed by atoms with Crippen LogP contribution in [0.3, 0.4) is 0 Å². The van der Waals surface area contributed by atoms with E-state index in [0.29, 0.717) is 18.0 Å². The number of fused-ring (bicyclic) bond motifs is 1. The lowest BCUT2D eigenvalue weighted by molar-refractivity contribution is -0.138. The van der Waals surface area contributed by atoms with E-state index in [1.807, 2.05) is 38.1 Å². The molecule has 1 N–H and O–H groups in total. The van der Waals surface area contributed by atoms with Crippen molar-refractivity contribution in [2.75, 3.05) is 51.3 Å². The molecule has 0 spiro atoms. The molecule has 36 heavy (non-hydrogen) atoms.